The Balaban J connectivity index is 1.57. The number of benzene rings is 1. The second kappa shape index (κ2) is 6.72. The first-order valence-electron chi connectivity index (χ1n) is 7.74. The van der Waals surface area contributed by atoms with Gasteiger partial charge in [-0.1, -0.05) is 6.07 Å². The van der Waals surface area contributed by atoms with Crippen LogP contribution >= 0.6 is 0 Å². The fourth-order valence-corrected chi connectivity index (χ4v) is 2.85. The van der Waals surface area contributed by atoms with Crippen LogP contribution in [-0.2, 0) is 6.54 Å². The van der Waals surface area contributed by atoms with Crippen LogP contribution in [0.2, 0.25) is 0 Å². The molecule has 0 amide bonds. The molecular weight excluding hydrogens is 321 g/mol. The number of aryl methyl sites for hydroxylation is 1. The van der Waals surface area contributed by atoms with Crippen LogP contribution in [-0.4, -0.2) is 35.7 Å². The quantitative estimate of drug-likeness (QED) is 0.879. The Labute approximate surface area is 137 Å². The Bertz CT molecular complexity index is 686. The second-order valence-corrected chi connectivity index (χ2v) is 5.88. The summed E-state index contributed by atoms with van der Waals surface area (Å²) >= 11 is 0. The van der Waals surface area contributed by atoms with Gasteiger partial charge in [0.1, 0.15) is 5.75 Å². The van der Waals surface area contributed by atoms with E-state index in [2.05, 4.69) is 25.2 Å². The normalized spacial score (nSPS) is 18.2. The third-order valence-corrected chi connectivity index (χ3v) is 4.12. The fraction of sp³-hybridized carbons (Fsp3) is 0.438. The Morgan fingerprint density at radius 2 is 2.25 bits per heavy atom. The van der Waals surface area contributed by atoms with E-state index in [1.807, 2.05) is 6.92 Å². The van der Waals surface area contributed by atoms with E-state index in [0.717, 1.165) is 43.0 Å². The SMILES string of the molecule is Cc1[nH]ncc1CNC1CCN(c2cccc(OC(F)(F)F)c2)C1. The molecule has 1 aliphatic rings. The summed E-state index contributed by atoms with van der Waals surface area (Å²) in [5.74, 6) is -0.189. The number of H-pyrrole nitrogens is 1. The van der Waals surface area contributed by atoms with Gasteiger partial charge in [-0.15, -0.1) is 13.2 Å². The summed E-state index contributed by atoms with van der Waals surface area (Å²) in [4.78, 5) is 2.06. The lowest BCUT2D eigenvalue weighted by molar-refractivity contribution is -0.274. The van der Waals surface area contributed by atoms with Crippen molar-refractivity contribution in [1.29, 1.82) is 0 Å². The third kappa shape index (κ3) is 4.19. The number of rotatable bonds is 5. The average molecular weight is 340 g/mol. The predicted octanol–water partition coefficient (Wildman–Crippen LogP) is 2.99. The van der Waals surface area contributed by atoms with E-state index >= 15 is 0 Å². The topological polar surface area (TPSA) is 53.2 Å². The van der Waals surface area contributed by atoms with Crippen LogP contribution in [0.5, 0.6) is 5.75 Å². The van der Waals surface area contributed by atoms with Gasteiger partial charge < -0.3 is 15.0 Å². The molecule has 5 nitrogen and oxygen atoms in total. The summed E-state index contributed by atoms with van der Waals surface area (Å²) < 4.78 is 41.0. The minimum absolute atomic E-state index is 0.189. The number of nitrogens with zero attached hydrogens (tertiary/aromatic N) is 2. The molecule has 2 aromatic rings. The molecule has 0 bridgehead atoms. The molecule has 3 rings (SSSR count). The zero-order valence-electron chi connectivity index (χ0n) is 13.2. The molecule has 1 aromatic carbocycles. The summed E-state index contributed by atoms with van der Waals surface area (Å²) in [5, 5.41) is 10.3. The first kappa shape index (κ1) is 16.6. The molecule has 24 heavy (non-hydrogen) atoms. The summed E-state index contributed by atoms with van der Waals surface area (Å²) in [7, 11) is 0. The smallest absolute Gasteiger partial charge is 0.406 e. The molecule has 2 N–H and O–H groups in total. The molecule has 0 saturated carbocycles. The zero-order valence-corrected chi connectivity index (χ0v) is 13.2. The van der Waals surface area contributed by atoms with Gasteiger partial charge in [0.25, 0.3) is 0 Å². The van der Waals surface area contributed by atoms with Gasteiger partial charge in [0.2, 0.25) is 0 Å². The van der Waals surface area contributed by atoms with Gasteiger partial charge in [-0.25, -0.2) is 0 Å². The maximum absolute atomic E-state index is 12.3. The van der Waals surface area contributed by atoms with E-state index in [-0.39, 0.29) is 11.8 Å². The largest absolute Gasteiger partial charge is 0.573 e. The molecule has 1 atom stereocenters. The number of halogens is 3. The van der Waals surface area contributed by atoms with Gasteiger partial charge in [0.15, 0.2) is 0 Å². The molecule has 0 spiro atoms. The minimum Gasteiger partial charge on any atom is -0.406 e. The van der Waals surface area contributed by atoms with Crippen molar-refractivity contribution in [2.75, 3.05) is 18.0 Å². The van der Waals surface area contributed by atoms with Crippen LogP contribution in [0.4, 0.5) is 18.9 Å². The number of hydrogen-bond acceptors (Lipinski definition) is 4. The zero-order chi connectivity index (χ0) is 17.2. The van der Waals surface area contributed by atoms with Gasteiger partial charge in [-0.05, 0) is 25.5 Å². The summed E-state index contributed by atoms with van der Waals surface area (Å²) in [6.07, 6.45) is -1.94. The molecular formula is C16H19F3N4O. The van der Waals surface area contributed by atoms with E-state index in [0.29, 0.717) is 0 Å². The first-order chi connectivity index (χ1) is 11.4. The summed E-state index contributed by atoms with van der Waals surface area (Å²) in [5.41, 5.74) is 2.89. The molecule has 8 heteroatoms. The highest BCUT2D eigenvalue weighted by Gasteiger charge is 2.31. The van der Waals surface area contributed by atoms with Crippen molar-refractivity contribution in [1.82, 2.24) is 15.5 Å². The van der Waals surface area contributed by atoms with Crippen LogP contribution in [0.3, 0.4) is 0 Å². The van der Waals surface area contributed by atoms with Crippen molar-refractivity contribution in [3.63, 3.8) is 0 Å². The van der Waals surface area contributed by atoms with Gasteiger partial charge in [0, 0.05) is 48.7 Å². The molecule has 1 unspecified atom stereocenters. The van der Waals surface area contributed by atoms with E-state index < -0.39 is 6.36 Å². The molecule has 0 aliphatic carbocycles. The number of aromatic nitrogens is 2. The van der Waals surface area contributed by atoms with E-state index in [1.165, 1.54) is 12.1 Å². The number of alkyl halides is 3. The fourth-order valence-electron chi connectivity index (χ4n) is 2.85. The number of ether oxygens (including phenoxy) is 1. The lowest BCUT2D eigenvalue weighted by Gasteiger charge is -2.20. The highest BCUT2D eigenvalue weighted by atomic mass is 19.4. The molecule has 1 fully saturated rings. The maximum Gasteiger partial charge on any atom is 0.573 e. The lowest BCUT2D eigenvalue weighted by atomic mass is 10.2. The standard InChI is InChI=1S/C16H19F3N4O/c1-11-12(9-21-22-11)8-20-13-5-6-23(10-13)14-3-2-4-15(7-14)24-16(17,18)19/h2-4,7,9,13,20H,5-6,8,10H2,1H3,(H,21,22). The van der Waals surface area contributed by atoms with Gasteiger partial charge in [-0.3, -0.25) is 5.10 Å². The monoisotopic (exact) mass is 340 g/mol. The van der Waals surface area contributed by atoms with Gasteiger partial charge in [0.05, 0.1) is 6.20 Å². The molecule has 2 heterocycles. The van der Waals surface area contributed by atoms with Gasteiger partial charge >= 0.3 is 6.36 Å². The number of nitrogens with one attached hydrogen (secondary N) is 2. The van der Waals surface area contributed by atoms with Crippen molar-refractivity contribution >= 4 is 5.69 Å². The number of aromatic amines is 1. The van der Waals surface area contributed by atoms with Crippen LogP contribution in [0, 0.1) is 6.92 Å². The van der Waals surface area contributed by atoms with Gasteiger partial charge in [-0.2, -0.15) is 5.10 Å². The molecule has 1 saturated heterocycles. The predicted molar refractivity (Wildman–Crippen MR) is 83.9 cm³/mol. The Hall–Kier alpha value is -2.22. The minimum atomic E-state index is -4.67. The molecule has 1 aromatic heterocycles. The second-order valence-electron chi connectivity index (χ2n) is 5.88. The molecule has 130 valence electrons. The molecule has 0 radical (unpaired) electrons. The highest BCUT2D eigenvalue weighted by Crippen LogP contribution is 2.28. The number of hydrogen-bond donors (Lipinski definition) is 2. The van der Waals surface area contributed by atoms with Crippen molar-refractivity contribution in [2.24, 2.45) is 0 Å². The van der Waals surface area contributed by atoms with Crippen LogP contribution in [0.15, 0.2) is 30.5 Å². The van der Waals surface area contributed by atoms with E-state index in [4.69, 9.17) is 0 Å². The average Bonchev–Trinajstić information content (AvgIpc) is 3.12. The van der Waals surface area contributed by atoms with Crippen LogP contribution < -0.4 is 15.0 Å². The van der Waals surface area contributed by atoms with Crippen molar-refractivity contribution in [3.8, 4) is 5.75 Å². The summed E-state index contributed by atoms with van der Waals surface area (Å²) in [6.45, 7) is 4.22. The van der Waals surface area contributed by atoms with Crippen LogP contribution in [0.1, 0.15) is 17.7 Å². The highest BCUT2D eigenvalue weighted by molar-refractivity contribution is 5.51. The lowest BCUT2D eigenvalue weighted by Crippen LogP contribution is -2.32. The van der Waals surface area contributed by atoms with E-state index in [1.54, 1.807) is 18.3 Å². The Kier molecular flexibility index (Phi) is 4.66. The van der Waals surface area contributed by atoms with Crippen molar-refractivity contribution in [2.45, 2.75) is 32.3 Å². The third-order valence-electron chi connectivity index (χ3n) is 4.12. The Morgan fingerprint density at radius 1 is 1.42 bits per heavy atom. The van der Waals surface area contributed by atoms with Crippen molar-refractivity contribution in [3.05, 3.63) is 41.7 Å². The maximum atomic E-state index is 12.3. The van der Waals surface area contributed by atoms with Crippen LogP contribution in [0.25, 0.3) is 0 Å². The molecule has 1 aliphatic heterocycles. The summed E-state index contributed by atoms with van der Waals surface area (Å²) in [6, 6.07) is 6.39. The van der Waals surface area contributed by atoms with E-state index in [9.17, 15) is 13.2 Å². The Morgan fingerprint density at radius 3 is 2.96 bits per heavy atom. The number of anilines is 1. The van der Waals surface area contributed by atoms with Crippen molar-refractivity contribution < 1.29 is 17.9 Å². The first-order valence-corrected chi connectivity index (χ1v) is 7.74.